The third-order valence-electron chi connectivity index (χ3n) is 4.19. The summed E-state index contributed by atoms with van der Waals surface area (Å²) >= 11 is 0. The first kappa shape index (κ1) is 13.0. The summed E-state index contributed by atoms with van der Waals surface area (Å²) in [7, 11) is 0. The quantitative estimate of drug-likeness (QED) is 0.865. The summed E-state index contributed by atoms with van der Waals surface area (Å²) in [4.78, 5) is 25.4. The molecule has 0 bridgehead atoms. The lowest BCUT2D eigenvalue weighted by atomic mass is 9.93. The smallest absolute Gasteiger partial charge is 0.331 e. The predicted octanol–water partition coefficient (Wildman–Crippen LogP) is 1.93. The van der Waals surface area contributed by atoms with Crippen molar-refractivity contribution < 1.29 is 14.7 Å². The normalized spacial score (nSPS) is 22.9. The molecule has 1 atom stereocenters. The minimum atomic E-state index is -0.978. The number of amides is 2. The van der Waals surface area contributed by atoms with Gasteiger partial charge in [-0.25, -0.2) is 9.59 Å². The molecular formula is C15H18N2O3. The third-order valence-corrected chi connectivity index (χ3v) is 4.19. The highest BCUT2D eigenvalue weighted by molar-refractivity contribution is 5.85. The largest absolute Gasteiger partial charge is 0.479 e. The number of carboxylic acids is 1. The number of carbonyl (C=O) groups excluding carboxylic acids is 1. The first-order chi connectivity index (χ1) is 9.50. The molecule has 1 saturated carbocycles. The number of rotatable bonds is 2. The summed E-state index contributed by atoms with van der Waals surface area (Å²) in [5.41, 5.74) is 1.60. The zero-order valence-corrected chi connectivity index (χ0v) is 11.4. The number of benzene rings is 1. The van der Waals surface area contributed by atoms with Crippen LogP contribution in [0.15, 0.2) is 24.3 Å². The Bertz CT molecular complexity index is 566. The average Bonchev–Trinajstić information content (AvgIpc) is 3.14. The first-order valence-corrected chi connectivity index (χ1v) is 6.90. The lowest BCUT2D eigenvalue weighted by Gasteiger charge is -2.35. The van der Waals surface area contributed by atoms with Crippen LogP contribution in [0.4, 0.5) is 4.79 Å². The van der Waals surface area contributed by atoms with Gasteiger partial charge in [-0.1, -0.05) is 24.3 Å². The monoisotopic (exact) mass is 274 g/mol. The predicted molar refractivity (Wildman–Crippen MR) is 73.4 cm³/mol. The Morgan fingerprint density at radius 1 is 1.35 bits per heavy atom. The van der Waals surface area contributed by atoms with Crippen LogP contribution in [0.1, 0.15) is 36.9 Å². The molecule has 1 aromatic rings. The summed E-state index contributed by atoms with van der Waals surface area (Å²) < 4.78 is 0. The Morgan fingerprint density at radius 2 is 2.05 bits per heavy atom. The van der Waals surface area contributed by atoms with Gasteiger partial charge in [0.15, 0.2) is 6.04 Å². The van der Waals surface area contributed by atoms with Gasteiger partial charge in [-0.2, -0.15) is 0 Å². The lowest BCUT2D eigenvalue weighted by Crippen LogP contribution is -2.50. The standard InChI is InChI=1S/C15H18N2O3/c1-15(7-8-15)16-14(20)17-9-6-10-4-2-3-5-11(10)12(17)13(18)19/h2-5,12H,6-9H2,1H3,(H,16,20)(H,18,19). The Labute approximate surface area is 117 Å². The molecule has 2 aliphatic rings. The van der Waals surface area contributed by atoms with Crippen LogP contribution in [-0.4, -0.2) is 34.1 Å². The SMILES string of the molecule is CC1(NC(=O)N2CCc3ccccc3C2C(=O)O)CC1. The molecule has 1 heterocycles. The molecule has 0 saturated heterocycles. The maximum atomic E-state index is 12.3. The van der Waals surface area contributed by atoms with Gasteiger partial charge >= 0.3 is 12.0 Å². The molecule has 5 heteroatoms. The number of urea groups is 1. The molecule has 0 spiro atoms. The lowest BCUT2D eigenvalue weighted by molar-refractivity contribution is -0.142. The molecule has 2 N–H and O–H groups in total. The minimum absolute atomic E-state index is 0.142. The average molecular weight is 274 g/mol. The second kappa shape index (κ2) is 4.51. The van der Waals surface area contributed by atoms with Crippen molar-refractivity contribution >= 4 is 12.0 Å². The highest BCUT2D eigenvalue weighted by atomic mass is 16.4. The number of fused-ring (bicyclic) bond motifs is 1. The van der Waals surface area contributed by atoms with E-state index in [9.17, 15) is 14.7 Å². The van der Waals surface area contributed by atoms with Crippen LogP contribution in [0.2, 0.25) is 0 Å². The van der Waals surface area contributed by atoms with Gasteiger partial charge in [-0.3, -0.25) is 0 Å². The molecule has 0 radical (unpaired) electrons. The molecule has 1 unspecified atom stereocenters. The highest BCUT2D eigenvalue weighted by Gasteiger charge is 2.42. The van der Waals surface area contributed by atoms with Gasteiger partial charge in [0.25, 0.3) is 0 Å². The van der Waals surface area contributed by atoms with E-state index < -0.39 is 12.0 Å². The third kappa shape index (κ3) is 2.24. The topological polar surface area (TPSA) is 69.6 Å². The van der Waals surface area contributed by atoms with Crippen LogP contribution in [-0.2, 0) is 11.2 Å². The van der Waals surface area contributed by atoms with Crippen molar-refractivity contribution in [3.63, 3.8) is 0 Å². The zero-order valence-electron chi connectivity index (χ0n) is 11.4. The van der Waals surface area contributed by atoms with Crippen molar-refractivity contribution in [1.82, 2.24) is 10.2 Å². The van der Waals surface area contributed by atoms with E-state index in [0.29, 0.717) is 13.0 Å². The fourth-order valence-corrected chi connectivity index (χ4v) is 2.69. The van der Waals surface area contributed by atoms with Crippen molar-refractivity contribution in [2.45, 2.75) is 37.8 Å². The zero-order chi connectivity index (χ0) is 14.3. The van der Waals surface area contributed by atoms with E-state index in [-0.39, 0.29) is 11.6 Å². The van der Waals surface area contributed by atoms with Crippen LogP contribution in [0.5, 0.6) is 0 Å². The number of nitrogens with one attached hydrogen (secondary N) is 1. The van der Waals surface area contributed by atoms with E-state index in [1.54, 1.807) is 6.07 Å². The molecule has 5 nitrogen and oxygen atoms in total. The molecule has 106 valence electrons. The molecule has 1 fully saturated rings. The second-order valence-corrected chi connectivity index (χ2v) is 5.87. The Kier molecular flexibility index (Phi) is 2.92. The minimum Gasteiger partial charge on any atom is -0.479 e. The van der Waals surface area contributed by atoms with Crippen molar-refractivity contribution in [2.24, 2.45) is 0 Å². The molecule has 20 heavy (non-hydrogen) atoms. The molecule has 2 amide bonds. The molecular weight excluding hydrogens is 256 g/mol. The number of nitrogens with zero attached hydrogens (tertiary/aromatic N) is 1. The molecule has 0 aromatic heterocycles. The molecule has 1 aromatic carbocycles. The summed E-state index contributed by atoms with van der Waals surface area (Å²) in [6.07, 6.45) is 2.62. The van der Waals surface area contributed by atoms with Gasteiger partial charge in [0.2, 0.25) is 0 Å². The van der Waals surface area contributed by atoms with Gasteiger partial charge in [-0.15, -0.1) is 0 Å². The van der Waals surface area contributed by atoms with Crippen molar-refractivity contribution in [3.05, 3.63) is 35.4 Å². The van der Waals surface area contributed by atoms with E-state index in [1.165, 1.54) is 4.90 Å². The van der Waals surface area contributed by atoms with Gasteiger partial charge in [0, 0.05) is 12.1 Å². The molecule has 1 aliphatic carbocycles. The van der Waals surface area contributed by atoms with Gasteiger partial charge in [0.1, 0.15) is 0 Å². The Balaban J connectivity index is 1.88. The second-order valence-electron chi connectivity index (χ2n) is 5.87. The van der Waals surface area contributed by atoms with Crippen molar-refractivity contribution in [2.75, 3.05) is 6.54 Å². The van der Waals surface area contributed by atoms with E-state index in [1.807, 2.05) is 25.1 Å². The number of hydrogen-bond donors (Lipinski definition) is 2. The maximum absolute atomic E-state index is 12.3. The summed E-state index contributed by atoms with van der Waals surface area (Å²) in [5, 5.41) is 12.4. The molecule has 3 rings (SSSR count). The van der Waals surface area contributed by atoms with E-state index in [4.69, 9.17) is 0 Å². The van der Waals surface area contributed by atoms with Crippen molar-refractivity contribution in [3.8, 4) is 0 Å². The summed E-state index contributed by atoms with van der Waals surface area (Å²) in [5.74, 6) is -0.978. The van der Waals surface area contributed by atoms with E-state index in [2.05, 4.69) is 5.32 Å². The summed E-state index contributed by atoms with van der Waals surface area (Å²) in [6.45, 7) is 2.43. The number of carbonyl (C=O) groups is 2. The van der Waals surface area contributed by atoms with Crippen molar-refractivity contribution in [1.29, 1.82) is 0 Å². The number of carboxylic acid groups (broad SMARTS) is 1. The van der Waals surface area contributed by atoms with Crippen LogP contribution in [0.25, 0.3) is 0 Å². The Morgan fingerprint density at radius 3 is 2.70 bits per heavy atom. The molecule has 1 aliphatic heterocycles. The van der Waals surface area contributed by atoms with Crippen LogP contribution < -0.4 is 5.32 Å². The maximum Gasteiger partial charge on any atom is 0.331 e. The number of hydrogen-bond acceptors (Lipinski definition) is 2. The summed E-state index contributed by atoms with van der Waals surface area (Å²) in [6, 6.07) is 6.29. The van der Waals surface area contributed by atoms with Crippen LogP contribution in [0, 0.1) is 0 Å². The fourth-order valence-electron chi connectivity index (χ4n) is 2.69. The first-order valence-electron chi connectivity index (χ1n) is 6.90. The van der Waals surface area contributed by atoms with Gasteiger partial charge in [-0.05, 0) is 37.3 Å². The van der Waals surface area contributed by atoms with Crippen LogP contribution >= 0.6 is 0 Å². The van der Waals surface area contributed by atoms with E-state index in [0.717, 1.165) is 24.0 Å². The fraction of sp³-hybridized carbons (Fsp3) is 0.467. The van der Waals surface area contributed by atoms with Gasteiger partial charge in [0.05, 0.1) is 0 Å². The van der Waals surface area contributed by atoms with E-state index >= 15 is 0 Å². The van der Waals surface area contributed by atoms with Crippen LogP contribution in [0.3, 0.4) is 0 Å². The Hall–Kier alpha value is -2.04. The van der Waals surface area contributed by atoms with Gasteiger partial charge < -0.3 is 15.3 Å². The highest BCUT2D eigenvalue weighted by Crippen LogP contribution is 2.36. The number of aliphatic carboxylic acids is 1.